The van der Waals surface area contributed by atoms with Gasteiger partial charge in [-0.3, -0.25) is 5.10 Å². The van der Waals surface area contributed by atoms with Crippen LogP contribution in [0.2, 0.25) is 0 Å². The van der Waals surface area contributed by atoms with Gasteiger partial charge in [0.25, 0.3) is 0 Å². The molecular weight excluding hydrogens is 249 g/mol. The van der Waals surface area contributed by atoms with Crippen molar-refractivity contribution in [1.82, 2.24) is 10.2 Å². The highest BCUT2D eigenvalue weighted by Crippen LogP contribution is 2.31. The lowest BCUT2D eigenvalue weighted by Gasteiger charge is -2.07. The van der Waals surface area contributed by atoms with E-state index >= 15 is 0 Å². The van der Waals surface area contributed by atoms with Crippen LogP contribution in [0.1, 0.15) is 16.1 Å². The molecule has 0 aliphatic carbocycles. The average Bonchev–Trinajstić information content (AvgIpc) is 2.77. The topological polar surface area (TPSA) is 66.0 Å². The van der Waals surface area contributed by atoms with Gasteiger partial charge in [-0.2, -0.15) is 18.3 Å². The van der Waals surface area contributed by atoms with E-state index in [0.717, 1.165) is 12.1 Å². The first-order valence-corrected chi connectivity index (χ1v) is 4.84. The average molecular weight is 256 g/mol. The van der Waals surface area contributed by atoms with E-state index in [1.807, 2.05) is 0 Å². The van der Waals surface area contributed by atoms with Crippen LogP contribution in [0.25, 0.3) is 11.3 Å². The Morgan fingerprint density at radius 1 is 1.28 bits per heavy atom. The van der Waals surface area contributed by atoms with Gasteiger partial charge < -0.3 is 5.11 Å². The number of nitrogens with one attached hydrogen (secondary N) is 1. The molecule has 2 aromatic rings. The number of aromatic amines is 1. The van der Waals surface area contributed by atoms with Gasteiger partial charge in [-0.05, 0) is 18.2 Å². The maximum atomic E-state index is 12.5. The number of carboxylic acid groups (broad SMARTS) is 1. The molecule has 2 N–H and O–H groups in total. The molecule has 2 rings (SSSR count). The van der Waals surface area contributed by atoms with Gasteiger partial charge in [0, 0.05) is 5.56 Å². The molecule has 0 aliphatic heterocycles. The van der Waals surface area contributed by atoms with Crippen molar-refractivity contribution in [2.45, 2.75) is 6.18 Å². The largest absolute Gasteiger partial charge is 0.477 e. The molecule has 0 radical (unpaired) electrons. The van der Waals surface area contributed by atoms with Gasteiger partial charge in [0.05, 0.1) is 11.3 Å². The summed E-state index contributed by atoms with van der Waals surface area (Å²) in [7, 11) is 0. The van der Waals surface area contributed by atoms with E-state index in [4.69, 9.17) is 5.11 Å². The third kappa shape index (κ3) is 2.34. The van der Waals surface area contributed by atoms with Gasteiger partial charge >= 0.3 is 12.1 Å². The van der Waals surface area contributed by atoms with Crippen LogP contribution in [0, 0.1) is 0 Å². The minimum absolute atomic E-state index is 0.151. The van der Waals surface area contributed by atoms with E-state index < -0.39 is 17.7 Å². The Balaban J connectivity index is 2.41. The van der Waals surface area contributed by atoms with Crippen LogP contribution in [-0.2, 0) is 6.18 Å². The summed E-state index contributed by atoms with van der Waals surface area (Å²) >= 11 is 0. The van der Waals surface area contributed by atoms with Crippen LogP contribution in [-0.4, -0.2) is 21.3 Å². The number of carbonyl (C=O) groups is 1. The van der Waals surface area contributed by atoms with E-state index in [0.29, 0.717) is 0 Å². The Labute approximate surface area is 99.1 Å². The van der Waals surface area contributed by atoms with Gasteiger partial charge in [-0.15, -0.1) is 0 Å². The number of aromatic carboxylic acids is 1. The number of alkyl halides is 3. The van der Waals surface area contributed by atoms with Crippen LogP contribution in [0.4, 0.5) is 13.2 Å². The lowest BCUT2D eigenvalue weighted by atomic mass is 10.1. The number of benzene rings is 1. The van der Waals surface area contributed by atoms with E-state index in [1.165, 1.54) is 18.2 Å². The summed E-state index contributed by atoms with van der Waals surface area (Å²) in [6.07, 6.45) is -4.44. The number of hydrogen-bond acceptors (Lipinski definition) is 2. The number of H-pyrrole nitrogens is 1. The van der Waals surface area contributed by atoms with Gasteiger partial charge in [-0.1, -0.05) is 12.1 Å². The van der Waals surface area contributed by atoms with Crippen LogP contribution in [0.3, 0.4) is 0 Å². The van der Waals surface area contributed by atoms with Crippen molar-refractivity contribution in [2.75, 3.05) is 0 Å². The van der Waals surface area contributed by atoms with E-state index in [1.54, 1.807) is 0 Å². The summed E-state index contributed by atoms with van der Waals surface area (Å²) in [4.78, 5) is 10.6. The molecule has 4 nitrogen and oxygen atoms in total. The Morgan fingerprint density at radius 3 is 2.56 bits per heavy atom. The molecule has 0 saturated carbocycles. The molecule has 0 atom stereocenters. The first-order chi connectivity index (χ1) is 8.38. The minimum atomic E-state index is -4.44. The maximum Gasteiger partial charge on any atom is 0.416 e. The Morgan fingerprint density at radius 2 is 2.00 bits per heavy atom. The number of carboxylic acids is 1. The molecule has 94 valence electrons. The van der Waals surface area contributed by atoms with Crippen molar-refractivity contribution >= 4 is 5.97 Å². The van der Waals surface area contributed by atoms with Gasteiger partial charge in [0.1, 0.15) is 5.69 Å². The summed E-state index contributed by atoms with van der Waals surface area (Å²) in [6, 6.07) is 5.71. The quantitative estimate of drug-likeness (QED) is 0.868. The lowest BCUT2D eigenvalue weighted by molar-refractivity contribution is -0.137. The van der Waals surface area contributed by atoms with Crippen molar-refractivity contribution in [3.63, 3.8) is 0 Å². The zero-order valence-electron chi connectivity index (χ0n) is 8.82. The predicted molar refractivity (Wildman–Crippen MR) is 56.0 cm³/mol. The standard InChI is InChI=1S/C11H7F3N2O2/c12-11(13,14)7-3-1-2-6(4-7)8-5-9(10(17)18)16-15-8/h1-5H,(H,15,16)(H,17,18). The maximum absolute atomic E-state index is 12.5. The predicted octanol–water partition coefficient (Wildman–Crippen LogP) is 2.79. The first kappa shape index (κ1) is 12.2. The number of halogens is 3. The fraction of sp³-hybridized carbons (Fsp3) is 0.0909. The molecule has 0 amide bonds. The van der Waals surface area contributed by atoms with Crippen molar-refractivity contribution in [2.24, 2.45) is 0 Å². The highest BCUT2D eigenvalue weighted by molar-refractivity contribution is 5.86. The monoisotopic (exact) mass is 256 g/mol. The van der Waals surface area contributed by atoms with E-state index in [9.17, 15) is 18.0 Å². The van der Waals surface area contributed by atoms with Crippen molar-refractivity contribution in [3.8, 4) is 11.3 Å². The fourth-order valence-electron chi connectivity index (χ4n) is 1.43. The molecule has 0 bridgehead atoms. The van der Waals surface area contributed by atoms with Crippen molar-refractivity contribution in [1.29, 1.82) is 0 Å². The number of aromatic nitrogens is 2. The normalized spacial score (nSPS) is 11.5. The number of nitrogens with zero attached hydrogens (tertiary/aromatic N) is 1. The van der Waals surface area contributed by atoms with E-state index in [-0.39, 0.29) is 17.0 Å². The molecule has 0 unspecified atom stereocenters. The zero-order chi connectivity index (χ0) is 13.3. The fourth-order valence-corrected chi connectivity index (χ4v) is 1.43. The van der Waals surface area contributed by atoms with Crippen LogP contribution >= 0.6 is 0 Å². The smallest absolute Gasteiger partial charge is 0.416 e. The molecule has 0 fully saturated rings. The zero-order valence-corrected chi connectivity index (χ0v) is 8.82. The molecule has 0 spiro atoms. The number of hydrogen-bond donors (Lipinski definition) is 2. The Bertz CT molecular complexity index is 590. The second kappa shape index (κ2) is 4.17. The second-order valence-electron chi connectivity index (χ2n) is 3.55. The second-order valence-corrected chi connectivity index (χ2v) is 3.55. The molecule has 0 saturated heterocycles. The third-order valence-electron chi connectivity index (χ3n) is 2.29. The summed E-state index contributed by atoms with van der Waals surface area (Å²) in [6.45, 7) is 0. The van der Waals surface area contributed by atoms with Crippen molar-refractivity contribution in [3.05, 3.63) is 41.6 Å². The third-order valence-corrected chi connectivity index (χ3v) is 2.29. The Hall–Kier alpha value is -2.31. The molecule has 0 aliphatic rings. The summed E-state index contributed by atoms with van der Waals surface area (Å²) < 4.78 is 37.5. The van der Waals surface area contributed by atoms with Crippen LogP contribution in [0.15, 0.2) is 30.3 Å². The van der Waals surface area contributed by atoms with Crippen LogP contribution in [0.5, 0.6) is 0 Å². The summed E-state index contributed by atoms with van der Waals surface area (Å²) in [5.41, 5.74) is -0.630. The number of rotatable bonds is 2. The SMILES string of the molecule is O=C(O)c1cc(-c2cccc(C(F)(F)F)c2)n[nH]1. The van der Waals surface area contributed by atoms with Crippen LogP contribution < -0.4 is 0 Å². The van der Waals surface area contributed by atoms with Crippen molar-refractivity contribution < 1.29 is 23.1 Å². The van der Waals surface area contributed by atoms with Gasteiger partial charge in [-0.25, -0.2) is 4.79 Å². The van der Waals surface area contributed by atoms with E-state index in [2.05, 4.69) is 10.2 Å². The lowest BCUT2D eigenvalue weighted by Crippen LogP contribution is -2.04. The molecule has 1 heterocycles. The first-order valence-electron chi connectivity index (χ1n) is 4.84. The highest BCUT2D eigenvalue weighted by Gasteiger charge is 2.30. The summed E-state index contributed by atoms with van der Waals surface area (Å²) in [5, 5.41) is 14.6. The minimum Gasteiger partial charge on any atom is -0.477 e. The molecule has 18 heavy (non-hydrogen) atoms. The summed E-state index contributed by atoms with van der Waals surface area (Å²) in [5.74, 6) is -1.22. The molecule has 1 aromatic heterocycles. The molecule has 1 aromatic carbocycles. The molecular formula is C11H7F3N2O2. The Kier molecular flexibility index (Phi) is 2.82. The van der Waals surface area contributed by atoms with Gasteiger partial charge in [0.15, 0.2) is 0 Å². The highest BCUT2D eigenvalue weighted by atomic mass is 19.4. The van der Waals surface area contributed by atoms with Gasteiger partial charge in [0.2, 0.25) is 0 Å². The molecule has 7 heteroatoms.